The molecule has 3 heterocycles. The van der Waals surface area contributed by atoms with Crippen molar-refractivity contribution < 1.29 is 4.79 Å². The lowest BCUT2D eigenvalue weighted by Gasteiger charge is -2.57. The number of likely N-dealkylation sites (N-methyl/N-ethyl adjacent to an activating group) is 1. The fourth-order valence-electron chi connectivity index (χ4n) is 5.73. The van der Waals surface area contributed by atoms with Crippen LogP contribution in [0.25, 0.3) is 5.57 Å². The van der Waals surface area contributed by atoms with Crippen LogP contribution in [0.4, 0.5) is 0 Å². The Morgan fingerprint density at radius 3 is 2.65 bits per heavy atom. The summed E-state index contributed by atoms with van der Waals surface area (Å²) >= 11 is 12.4. The van der Waals surface area contributed by atoms with Crippen LogP contribution in [0.3, 0.4) is 0 Å². The number of nitrogens with zero attached hydrogens (tertiary/aromatic N) is 3. The molecule has 0 spiro atoms. The molecule has 3 aliphatic rings. The maximum Gasteiger partial charge on any atom is 0.271 e. The molecule has 2 aliphatic heterocycles. The molecule has 1 saturated carbocycles. The summed E-state index contributed by atoms with van der Waals surface area (Å²) in [6.07, 6.45) is 9.05. The number of hydrogen-bond donors (Lipinski definition) is 1. The lowest BCUT2D eigenvalue weighted by molar-refractivity contribution is -0.0404. The van der Waals surface area contributed by atoms with E-state index >= 15 is 0 Å². The molecule has 0 radical (unpaired) electrons. The molecule has 1 N–H and O–H groups in total. The van der Waals surface area contributed by atoms with Crippen LogP contribution >= 0.6 is 23.2 Å². The average Bonchev–Trinajstić information content (AvgIpc) is 2.81. The molecule has 34 heavy (non-hydrogen) atoms. The van der Waals surface area contributed by atoms with E-state index < -0.39 is 0 Å². The molecule has 1 aliphatic carbocycles. The van der Waals surface area contributed by atoms with Crippen molar-refractivity contribution in [2.75, 3.05) is 27.7 Å². The summed E-state index contributed by atoms with van der Waals surface area (Å²) in [6.45, 7) is 3.23. The van der Waals surface area contributed by atoms with E-state index in [0.717, 1.165) is 37.3 Å². The maximum absolute atomic E-state index is 13.5. The van der Waals surface area contributed by atoms with Gasteiger partial charge in [-0.3, -0.25) is 9.69 Å². The van der Waals surface area contributed by atoms with Crippen molar-refractivity contribution in [1.82, 2.24) is 20.1 Å². The van der Waals surface area contributed by atoms with Gasteiger partial charge in [0.25, 0.3) is 5.91 Å². The lowest BCUT2D eigenvalue weighted by atomic mass is 9.65. The smallest absolute Gasteiger partial charge is 0.271 e. The molecule has 182 valence electrons. The first-order valence-electron chi connectivity index (χ1n) is 12.0. The minimum atomic E-state index is -0.271. The molecule has 1 amide bonds. The molecule has 1 atom stereocenters. The molecule has 3 fully saturated rings. The minimum absolute atomic E-state index is 0.139. The van der Waals surface area contributed by atoms with Crippen LogP contribution in [0.2, 0.25) is 10.0 Å². The van der Waals surface area contributed by atoms with Crippen LogP contribution in [0, 0.1) is 5.92 Å². The van der Waals surface area contributed by atoms with Gasteiger partial charge >= 0.3 is 0 Å². The number of piperidine rings is 2. The number of amides is 1. The maximum atomic E-state index is 13.5. The predicted octanol–water partition coefficient (Wildman–Crippen LogP) is 6.05. The van der Waals surface area contributed by atoms with Gasteiger partial charge in [-0.05, 0) is 73.9 Å². The number of carbonyl (C=O) groups is 1. The largest absolute Gasteiger partial charge is 0.383 e. The van der Waals surface area contributed by atoms with Crippen LogP contribution < -0.4 is 5.32 Å². The monoisotopic (exact) mass is 500 g/mol. The highest BCUT2D eigenvalue weighted by atomic mass is 35.5. The number of aromatic nitrogens is 1. The van der Waals surface area contributed by atoms with Gasteiger partial charge < -0.3 is 10.2 Å². The van der Waals surface area contributed by atoms with Crippen molar-refractivity contribution in [3.63, 3.8) is 0 Å². The predicted molar refractivity (Wildman–Crippen MR) is 140 cm³/mol. The van der Waals surface area contributed by atoms with Crippen molar-refractivity contribution in [2.24, 2.45) is 5.92 Å². The molecule has 7 heteroatoms. The molecular weight excluding hydrogens is 467 g/mol. The molecule has 5 nitrogen and oxygen atoms in total. The average molecular weight is 502 g/mol. The normalized spacial score (nSPS) is 23.6. The standard InChI is InChI=1S/C27H34Cl2N4O/c1-5-19(17-32(2)3)20-7-6-8-21(13-20)25(27-11-9-18(10-12-27)16-33(27)4)31-26(34)24-23(29)14-22(28)15-30-24/h6-8,13-15,17-18,25H,5,9-12,16H2,1-4H3,(H,31,34)/b19-17+. The summed E-state index contributed by atoms with van der Waals surface area (Å²) < 4.78 is 0. The Morgan fingerprint density at radius 1 is 1.29 bits per heavy atom. The third kappa shape index (κ3) is 4.98. The van der Waals surface area contributed by atoms with E-state index in [2.05, 4.69) is 64.5 Å². The van der Waals surface area contributed by atoms with Gasteiger partial charge in [0.15, 0.2) is 0 Å². The second-order valence-electron chi connectivity index (χ2n) is 9.91. The van der Waals surface area contributed by atoms with E-state index in [4.69, 9.17) is 23.2 Å². The van der Waals surface area contributed by atoms with E-state index in [1.807, 2.05) is 14.1 Å². The third-order valence-corrected chi connectivity index (χ3v) is 7.98. The lowest BCUT2D eigenvalue weighted by Crippen LogP contribution is -2.62. The first kappa shape index (κ1) is 25.0. The quantitative estimate of drug-likeness (QED) is 0.502. The minimum Gasteiger partial charge on any atom is -0.383 e. The number of allylic oxidation sites excluding steroid dienone is 1. The number of nitrogens with one attached hydrogen (secondary N) is 1. The van der Waals surface area contributed by atoms with Gasteiger partial charge in [0, 0.05) is 38.6 Å². The van der Waals surface area contributed by atoms with Crippen molar-refractivity contribution >= 4 is 34.7 Å². The Labute approximate surface area is 213 Å². The van der Waals surface area contributed by atoms with Gasteiger partial charge in [-0.25, -0.2) is 4.98 Å². The van der Waals surface area contributed by atoms with Crippen molar-refractivity contribution in [1.29, 1.82) is 0 Å². The first-order chi connectivity index (χ1) is 16.2. The molecule has 1 unspecified atom stereocenters. The number of rotatable bonds is 7. The summed E-state index contributed by atoms with van der Waals surface area (Å²) in [6, 6.07) is 10.0. The van der Waals surface area contributed by atoms with E-state index in [9.17, 15) is 4.79 Å². The van der Waals surface area contributed by atoms with Gasteiger partial charge in [-0.2, -0.15) is 0 Å². The summed E-state index contributed by atoms with van der Waals surface area (Å²) in [7, 11) is 6.28. The number of halogens is 2. The highest BCUT2D eigenvalue weighted by Crippen LogP contribution is 2.49. The van der Waals surface area contributed by atoms with Gasteiger partial charge in [0.2, 0.25) is 0 Å². The van der Waals surface area contributed by atoms with Gasteiger partial charge in [-0.15, -0.1) is 0 Å². The summed E-state index contributed by atoms with van der Waals surface area (Å²) in [5.74, 6) is 0.476. The van der Waals surface area contributed by atoms with Gasteiger partial charge in [0.05, 0.1) is 16.1 Å². The van der Waals surface area contributed by atoms with Crippen LogP contribution in [0.15, 0.2) is 42.7 Å². The zero-order valence-corrected chi connectivity index (χ0v) is 22.0. The van der Waals surface area contributed by atoms with Gasteiger partial charge in [-0.1, -0.05) is 48.3 Å². The summed E-state index contributed by atoms with van der Waals surface area (Å²) in [4.78, 5) is 22.2. The SMILES string of the molecule is CC/C(=C\N(C)C)c1cccc(C(NC(=O)c2ncc(Cl)cc2Cl)C23CCC(CC2)CN3C)c1. The molecule has 1 aromatic carbocycles. The summed E-state index contributed by atoms with van der Waals surface area (Å²) in [5, 5.41) is 4.02. The number of benzene rings is 1. The first-order valence-corrected chi connectivity index (χ1v) is 12.8. The van der Waals surface area contributed by atoms with E-state index in [0.29, 0.717) is 5.02 Å². The second-order valence-corrected chi connectivity index (χ2v) is 10.8. The van der Waals surface area contributed by atoms with Gasteiger partial charge in [0.1, 0.15) is 5.69 Å². The van der Waals surface area contributed by atoms with Crippen LogP contribution in [0.5, 0.6) is 0 Å². The Kier molecular flexibility index (Phi) is 7.56. The van der Waals surface area contributed by atoms with E-state index in [1.54, 1.807) is 6.07 Å². The molecule has 5 rings (SSSR count). The number of hydrogen-bond acceptors (Lipinski definition) is 4. The highest BCUT2D eigenvalue weighted by molar-refractivity contribution is 6.36. The number of carbonyl (C=O) groups excluding carboxylic acids is 1. The zero-order chi connectivity index (χ0) is 24.5. The zero-order valence-electron chi connectivity index (χ0n) is 20.4. The second kappa shape index (κ2) is 10.3. The number of fused-ring (bicyclic) bond motifs is 3. The topological polar surface area (TPSA) is 48.5 Å². The van der Waals surface area contributed by atoms with Crippen LogP contribution in [-0.4, -0.2) is 53.9 Å². The number of pyridine rings is 1. The van der Waals surface area contributed by atoms with Crippen molar-refractivity contribution in [3.8, 4) is 0 Å². The fraction of sp³-hybridized carbons (Fsp3) is 0.481. The Morgan fingerprint density at radius 2 is 2.03 bits per heavy atom. The van der Waals surface area contributed by atoms with Crippen molar-refractivity contribution in [3.05, 3.63) is 69.6 Å². The molecule has 1 aromatic heterocycles. The Bertz CT molecular complexity index is 1080. The van der Waals surface area contributed by atoms with E-state index in [1.165, 1.54) is 30.2 Å². The third-order valence-electron chi connectivity index (χ3n) is 7.48. The molecule has 2 bridgehead atoms. The van der Waals surface area contributed by atoms with E-state index in [-0.39, 0.29) is 28.2 Å². The Balaban J connectivity index is 1.76. The van der Waals surface area contributed by atoms with Crippen LogP contribution in [-0.2, 0) is 0 Å². The fourth-order valence-corrected chi connectivity index (χ4v) is 6.19. The molecule has 2 saturated heterocycles. The van der Waals surface area contributed by atoms with Crippen molar-refractivity contribution in [2.45, 2.75) is 50.6 Å². The van der Waals surface area contributed by atoms with Crippen LogP contribution in [0.1, 0.15) is 66.7 Å². The Hall–Kier alpha value is -2.08. The summed E-state index contributed by atoms with van der Waals surface area (Å²) in [5.41, 5.74) is 3.62. The molecule has 2 aromatic rings. The highest BCUT2D eigenvalue weighted by Gasteiger charge is 2.50. The molecular formula is C27H34Cl2N4O.